The number of benzene rings is 2. The minimum atomic E-state index is -0.914. The fourth-order valence-corrected chi connectivity index (χ4v) is 2.42. The second-order valence-corrected chi connectivity index (χ2v) is 5.11. The lowest BCUT2D eigenvalue weighted by Crippen LogP contribution is -2.04. The van der Waals surface area contributed by atoms with E-state index in [9.17, 15) is 9.50 Å². The number of rotatable bonds is 2. The minimum absolute atomic E-state index is 0.328. The largest absolute Gasteiger partial charge is 0.384 e. The first-order valence-corrected chi connectivity index (χ1v) is 6.36. The van der Waals surface area contributed by atoms with Crippen molar-refractivity contribution < 1.29 is 9.50 Å². The monoisotopic (exact) mass is 342 g/mol. The smallest absolute Gasteiger partial charge is 0.129 e. The molecule has 3 heteroatoms. The van der Waals surface area contributed by atoms with Crippen molar-refractivity contribution in [3.8, 4) is 0 Å². The summed E-state index contributed by atoms with van der Waals surface area (Å²) in [4.78, 5) is 0. The Balaban J connectivity index is 2.47. The summed E-state index contributed by atoms with van der Waals surface area (Å²) < 4.78 is 14.6. The van der Waals surface area contributed by atoms with E-state index < -0.39 is 6.10 Å². The van der Waals surface area contributed by atoms with Gasteiger partial charge in [0, 0.05) is 9.13 Å². The van der Waals surface area contributed by atoms with Crippen LogP contribution in [0, 0.1) is 16.3 Å². The van der Waals surface area contributed by atoms with Crippen LogP contribution in [0.3, 0.4) is 0 Å². The molecule has 0 aromatic heterocycles. The van der Waals surface area contributed by atoms with Crippen molar-refractivity contribution in [1.29, 1.82) is 0 Å². The van der Waals surface area contributed by atoms with Gasteiger partial charge in [-0.15, -0.1) is 0 Å². The molecule has 88 valence electrons. The van der Waals surface area contributed by atoms with Crippen LogP contribution in [0.25, 0.3) is 0 Å². The van der Waals surface area contributed by atoms with Crippen LogP contribution in [0.2, 0.25) is 0 Å². The van der Waals surface area contributed by atoms with Crippen LogP contribution in [-0.4, -0.2) is 5.11 Å². The molecule has 0 spiro atoms. The van der Waals surface area contributed by atoms with Gasteiger partial charge in [0.1, 0.15) is 11.9 Å². The van der Waals surface area contributed by atoms with Crippen LogP contribution in [0.4, 0.5) is 4.39 Å². The van der Waals surface area contributed by atoms with Crippen LogP contribution in [0.1, 0.15) is 22.8 Å². The SMILES string of the molecule is Cc1ccc(F)c(C(O)c2ccccc2I)c1. The van der Waals surface area contributed by atoms with Gasteiger partial charge in [-0.05, 0) is 47.2 Å². The molecule has 0 aliphatic rings. The summed E-state index contributed by atoms with van der Waals surface area (Å²) in [6.45, 7) is 1.88. The Morgan fingerprint density at radius 2 is 1.82 bits per heavy atom. The molecule has 17 heavy (non-hydrogen) atoms. The van der Waals surface area contributed by atoms with Crippen LogP contribution in [-0.2, 0) is 0 Å². The van der Waals surface area contributed by atoms with Gasteiger partial charge in [0.15, 0.2) is 0 Å². The molecule has 0 saturated carbocycles. The summed E-state index contributed by atoms with van der Waals surface area (Å²) >= 11 is 2.14. The van der Waals surface area contributed by atoms with Crippen LogP contribution in [0.15, 0.2) is 42.5 Å². The third kappa shape index (κ3) is 2.66. The maximum absolute atomic E-state index is 13.7. The van der Waals surface area contributed by atoms with Gasteiger partial charge in [0.25, 0.3) is 0 Å². The second kappa shape index (κ2) is 5.14. The Morgan fingerprint density at radius 1 is 1.12 bits per heavy atom. The average molecular weight is 342 g/mol. The molecular weight excluding hydrogens is 330 g/mol. The Morgan fingerprint density at radius 3 is 2.53 bits per heavy atom. The number of halogens is 2. The molecule has 2 rings (SSSR count). The molecule has 0 aliphatic heterocycles. The summed E-state index contributed by atoms with van der Waals surface area (Å²) in [5.74, 6) is -0.372. The van der Waals surface area contributed by atoms with Crippen molar-refractivity contribution in [2.24, 2.45) is 0 Å². The fourth-order valence-electron chi connectivity index (χ4n) is 1.74. The molecule has 0 radical (unpaired) electrons. The molecule has 0 saturated heterocycles. The molecule has 1 nitrogen and oxygen atoms in total. The van der Waals surface area contributed by atoms with Crippen LogP contribution >= 0.6 is 22.6 Å². The Kier molecular flexibility index (Phi) is 3.79. The van der Waals surface area contributed by atoms with E-state index in [1.54, 1.807) is 12.1 Å². The van der Waals surface area contributed by atoms with Crippen LogP contribution in [0.5, 0.6) is 0 Å². The summed E-state index contributed by atoms with van der Waals surface area (Å²) in [5.41, 5.74) is 2.00. The molecule has 1 atom stereocenters. The van der Waals surface area contributed by atoms with E-state index in [-0.39, 0.29) is 5.82 Å². The molecule has 1 N–H and O–H groups in total. The van der Waals surface area contributed by atoms with Gasteiger partial charge in [0.2, 0.25) is 0 Å². The predicted molar refractivity (Wildman–Crippen MR) is 74.4 cm³/mol. The van der Waals surface area contributed by atoms with Crippen molar-refractivity contribution in [3.63, 3.8) is 0 Å². The quantitative estimate of drug-likeness (QED) is 0.823. The highest BCUT2D eigenvalue weighted by Gasteiger charge is 2.16. The minimum Gasteiger partial charge on any atom is -0.384 e. The first-order chi connectivity index (χ1) is 8.09. The standard InChI is InChI=1S/C14H12FIO/c1-9-6-7-12(15)11(8-9)14(17)10-4-2-3-5-13(10)16/h2-8,14,17H,1H3. The van der Waals surface area contributed by atoms with E-state index in [0.717, 1.165) is 14.7 Å². The maximum atomic E-state index is 13.7. The zero-order valence-electron chi connectivity index (χ0n) is 9.32. The fraction of sp³-hybridized carbons (Fsp3) is 0.143. The zero-order chi connectivity index (χ0) is 12.4. The molecule has 0 aliphatic carbocycles. The zero-order valence-corrected chi connectivity index (χ0v) is 11.5. The average Bonchev–Trinajstić information content (AvgIpc) is 2.32. The highest BCUT2D eigenvalue weighted by Crippen LogP contribution is 2.28. The lowest BCUT2D eigenvalue weighted by molar-refractivity contribution is 0.214. The topological polar surface area (TPSA) is 20.2 Å². The summed E-state index contributed by atoms with van der Waals surface area (Å²) in [5, 5.41) is 10.2. The van der Waals surface area contributed by atoms with Gasteiger partial charge in [-0.1, -0.05) is 35.9 Å². The van der Waals surface area contributed by atoms with E-state index in [4.69, 9.17) is 0 Å². The van der Waals surface area contributed by atoms with Gasteiger partial charge in [-0.2, -0.15) is 0 Å². The molecular formula is C14H12FIO. The van der Waals surface area contributed by atoms with Crippen LogP contribution < -0.4 is 0 Å². The van der Waals surface area contributed by atoms with Gasteiger partial charge >= 0.3 is 0 Å². The summed E-state index contributed by atoms with van der Waals surface area (Å²) in [7, 11) is 0. The van der Waals surface area contributed by atoms with E-state index in [1.807, 2.05) is 31.2 Å². The van der Waals surface area contributed by atoms with Crippen molar-refractivity contribution in [3.05, 3.63) is 68.5 Å². The molecule has 1 unspecified atom stereocenters. The lowest BCUT2D eigenvalue weighted by atomic mass is 9.99. The van der Waals surface area contributed by atoms with Crippen molar-refractivity contribution >= 4 is 22.6 Å². The van der Waals surface area contributed by atoms with Gasteiger partial charge in [0.05, 0.1) is 0 Å². The van der Waals surface area contributed by atoms with Gasteiger partial charge in [-0.3, -0.25) is 0 Å². The molecule has 0 bridgehead atoms. The van der Waals surface area contributed by atoms with E-state index in [0.29, 0.717) is 5.56 Å². The second-order valence-electron chi connectivity index (χ2n) is 3.95. The normalized spacial score (nSPS) is 12.5. The van der Waals surface area contributed by atoms with E-state index in [1.165, 1.54) is 6.07 Å². The highest BCUT2D eigenvalue weighted by molar-refractivity contribution is 14.1. The highest BCUT2D eigenvalue weighted by atomic mass is 127. The van der Waals surface area contributed by atoms with Gasteiger partial charge in [-0.25, -0.2) is 4.39 Å². The Hall–Kier alpha value is -0.940. The maximum Gasteiger partial charge on any atom is 0.129 e. The first kappa shape index (κ1) is 12.5. The summed E-state index contributed by atoms with van der Waals surface area (Å²) in [6, 6.07) is 12.2. The number of aliphatic hydroxyl groups is 1. The molecule has 2 aromatic carbocycles. The molecule has 0 amide bonds. The predicted octanol–water partition coefficient (Wildman–Crippen LogP) is 3.82. The molecule has 0 fully saturated rings. The number of aliphatic hydroxyl groups excluding tert-OH is 1. The Labute approximate surface area is 113 Å². The van der Waals surface area contributed by atoms with Crippen molar-refractivity contribution in [2.45, 2.75) is 13.0 Å². The van der Waals surface area contributed by atoms with Crippen molar-refractivity contribution in [2.75, 3.05) is 0 Å². The van der Waals surface area contributed by atoms with E-state index >= 15 is 0 Å². The number of aryl methyl sites for hydroxylation is 1. The lowest BCUT2D eigenvalue weighted by Gasteiger charge is -2.14. The molecule has 2 aromatic rings. The number of hydrogen-bond acceptors (Lipinski definition) is 1. The van der Waals surface area contributed by atoms with Crippen molar-refractivity contribution in [1.82, 2.24) is 0 Å². The molecule has 0 heterocycles. The third-order valence-corrected chi connectivity index (χ3v) is 3.63. The first-order valence-electron chi connectivity index (χ1n) is 5.28. The van der Waals surface area contributed by atoms with E-state index in [2.05, 4.69) is 22.6 Å². The number of hydrogen-bond donors (Lipinski definition) is 1. The third-order valence-electron chi connectivity index (χ3n) is 2.65. The summed E-state index contributed by atoms with van der Waals surface area (Å²) in [6.07, 6.45) is -0.914. The van der Waals surface area contributed by atoms with Gasteiger partial charge < -0.3 is 5.11 Å². The Bertz CT molecular complexity index is 539.